The van der Waals surface area contributed by atoms with Crippen LogP contribution in [-0.4, -0.2) is 24.0 Å². The molecule has 1 aromatic heterocycles. The smallest absolute Gasteiger partial charge is 0.188 e. The fraction of sp³-hybridized carbons (Fsp3) is 0.733. The van der Waals surface area contributed by atoms with Gasteiger partial charge in [0.2, 0.25) is 0 Å². The fourth-order valence-electron chi connectivity index (χ4n) is 2.04. The van der Waals surface area contributed by atoms with Crippen LogP contribution >= 0.6 is 11.3 Å². The molecular formula is C15H26N4S. The summed E-state index contributed by atoms with van der Waals surface area (Å²) in [5.74, 6) is 1.34. The maximum atomic E-state index is 5.86. The number of nitrogens with one attached hydrogen (secondary N) is 1. The van der Waals surface area contributed by atoms with Crippen molar-refractivity contribution in [1.82, 2.24) is 10.3 Å². The molecule has 1 aromatic rings. The lowest BCUT2D eigenvalue weighted by atomic mass is 9.86. The van der Waals surface area contributed by atoms with Crippen LogP contribution in [0.15, 0.2) is 10.4 Å². The van der Waals surface area contributed by atoms with Crippen molar-refractivity contribution >= 4 is 17.3 Å². The van der Waals surface area contributed by atoms with Crippen molar-refractivity contribution < 1.29 is 0 Å². The van der Waals surface area contributed by atoms with Crippen LogP contribution in [0.3, 0.4) is 0 Å². The molecule has 0 atom stereocenters. The average Bonchev–Trinajstić information content (AvgIpc) is 2.75. The molecule has 0 amide bonds. The Hall–Kier alpha value is -1.10. The van der Waals surface area contributed by atoms with Crippen LogP contribution in [-0.2, 0) is 11.8 Å². The van der Waals surface area contributed by atoms with Gasteiger partial charge in [0, 0.05) is 30.3 Å². The molecule has 1 aliphatic carbocycles. The maximum absolute atomic E-state index is 5.86. The van der Waals surface area contributed by atoms with Gasteiger partial charge in [-0.05, 0) is 18.8 Å². The van der Waals surface area contributed by atoms with Gasteiger partial charge in [-0.25, -0.2) is 4.98 Å². The van der Waals surface area contributed by atoms with Crippen molar-refractivity contribution in [2.24, 2.45) is 16.6 Å². The van der Waals surface area contributed by atoms with Crippen LogP contribution in [0.2, 0.25) is 0 Å². The minimum absolute atomic E-state index is 0.138. The topological polar surface area (TPSA) is 63.3 Å². The molecule has 1 heterocycles. The number of hydrogen-bond acceptors (Lipinski definition) is 3. The first-order valence-corrected chi connectivity index (χ1v) is 8.32. The van der Waals surface area contributed by atoms with Gasteiger partial charge in [0.05, 0.1) is 10.7 Å². The van der Waals surface area contributed by atoms with Crippen molar-refractivity contribution in [3.05, 3.63) is 16.1 Å². The van der Waals surface area contributed by atoms with Gasteiger partial charge in [0.15, 0.2) is 5.96 Å². The number of thiazole rings is 1. The summed E-state index contributed by atoms with van der Waals surface area (Å²) in [5.41, 5.74) is 7.14. The molecule has 20 heavy (non-hydrogen) atoms. The number of rotatable bonds is 5. The third kappa shape index (κ3) is 4.47. The Kier molecular flexibility index (Phi) is 5.02. The van der Waals surface area contributed by atoms with Gasteiger partial charge >= 0.3 is 0 Å². The summed E-state index contributed by atoms with van der Waals surface area (Å²) < 4.78 is 0. The lowest BCUT2D eigenvalue weighted by Gasteiger charge is -2.23. The second-order valence-corrected chi connectivity index (χ2v) is 7.45. The van der Waals surface area contributed by atoms with Gasteiger partial charge in [0.1, 0.15) is 0 Å². The van der Waals surface area contributed by atoms with E-state index in [2.05, 4.69) is 41.4 Å². The molecule has 0 radical (unpaired) electrons. The molecular weight excluding hydrogens is 268 g/mol. The number of hydrogen-bond donors (Lipinski definition) is 2. The summed E-state index contributed by atoms with van der Waals surface area (Å²) in [6.07, 6.45) is 4.87. The molecule has 112 valence electrons. The first-order valence-electron chi connectivity index (χ1n) is 7.44. The van der Waals surface area contributed by atoms with Crippen LogP contribution in [0.1, 0.15) is 50.7 Å². The molecule has 3 N–H and O–H groups in total. The lowest BCUT2D eigenvalue weighted by Crippen LogP contribution is -2.34. The normalized spacial score (nSPS) is 17.1. The second-order valence-electron chi connectivity index (χ2n) is 6.59. The zero-order valence-electron chi connectivity index (χ0n) is 12.8. The zero-order valence-corrected chi connectivity index (χ0v) is 13.6. The monoisotopic (exact) mass is 294 g/mol. The summed E-state index contributed by atoms with van der Waals surface area (Å²) in [4.78, 5) is 9.06. The Morgan fingerprint density at radius 2 is 2.25 bits per heavy atom. The van der Waals surface area contributed by atoms with Crippen molar-refractivity contribution in [3.63, 3.8) is 0 Å². The minimum atomic E-state index is 0.138. The summed E-state index contributed by atoms with van der Waals surface area (Å²) in [7, 11) is 0. The molecule has 0 saturated heterocycles. The summed E-state index contributed by atoms with van der Waals surface area (Å²) >= 11 is 1.74. The Labute approximate surface area is 125 Å². The van der Waals surface area contributed by atoms with E-state index in [1.54, 1.807) is 11.3 Å². The molecule has 1 fully saturated rings. The standard InChI is InChI=1S/C15H26N4S/c1-15(2,3)13-19-12(10-20-13)7-8-17-14(16)18-9-11-5-4-6-11/h10-11H,4-9H2,1-3H3,(H3,16,17,18). The quantitative estimate of drug-likeness (QED) is 0.648. The van der Waals surface area contributed by atoms with E-state index in [0.29, 0.717) is 5.96 Å². The van der Waals surface area contributed by atoms with E-state index in [-0.39, 0.29) is 5.41 Å². The predicted molar refractivity (Wildman–Crippen MR) is 86.4 cm³/mol. The Morgan fingerprint density at radius 3 is 2.80 bits per heavy atom. The van der Waals surface area contributed by atoms with E-state index in [0.717, 1.165) is 31.1 Å². The molecule has 0 aromatic carbocycles. The third-order valence-electron chi connectivity index (χ3n) is 3.63. The minimum Gasteiger partial charge on any atom is -0.370 e. The van der Waals surface area contributed by atoms with E-state index in [1.807, 2.05) is 0 Å². The molecule has 0 aliphatic heterocycles. The van der Waals surface area contributed by atoms with Gasteiger partial charge in [-0.2, -0.15) is 0 Å². The van der Waals surface area contributed by atoms with Crippen molar-refractivity contribution in [2.75, 3.05) is 13.1 Å². The predicted octanol–water partition coefficient (Wildman–Crippen LogP) is 2.69. The summed E-state index contributed by atoms with van der Waals surface area (Å²) in [6, 6.07) is 0. The Morgan fingerprint density at radius 1 is 1.50 bits per heavy atom. The van der Waals surface area contributed by atoms with E-state index in [1.165, 1.54) is 24.3 Å². The average molecular weight is 294 g/mol. The lowest BCUT2D eigenvalue weighted by molar-refractivity contribution is 0.326. The molecule has 5 heteroatoms. The molecule has 0 spiro atoms. The highest BCUT2D eigenvalue weighted by atomic mass is 32.1. The van der Waals surface area contributed by atoms with E-state index in [4.69, 9.17) is 5.73 Å². The number of aromatic nitrogens is 1. The van der Waals surface area contributed by atoms with Gasteiger partial charge in [0.25, 0.3) is 0 Å². The van der Waals surface area contributed by atoms with Crippen LogP contribution < -0.4 is 11.1 Å². The van der Waals surface area contributed by atoms with E-state index >= 15 is 0 Å². The number of nitrogens with zero attached hydrogens (tertiary/aromatic N) is 2. The Bertz CT molecular complexity index is 455. The van der Waals surface area contributed by atoms with Crippen molar-refractivity contribution in [1.29, 1.82) is 0 Å². The SMILES string of the molecule is CC(C)(C)c1nc(CCNC(N)=NCC2CCC2)cs1. The molecule has 1 aliphatic rings. The summed E-state index contributed by atoms with van der Waals surface area (Å²) in [6.45, 7) is 8.26. The van der Waals surface area contributed by atoms with Crippen LogP contribution in [0.5, 0.6) is 0 Å². The van der Waals surface area contributed by atoms with Gasteiger partial charge < -0.3 is 11.1 Å². The third-order valence-corrected chi connectivity index (χ3v) is 4.94. The van der Waals surface area contributed by atoms with Crippen molar-refractivity contribution in [2.45, 2.75) is 51.9 Å². The number of guanidine groups is 1. The molecule has 1 saturated carbocycles. The first kappa shape index (κ1) is 15.3. The van der Waals surface area contributed by atoms with Crippen LogP contribution in [0.25, 0.3) is 0 Å². The van der Waals surface area contributed by atoms with Crippen LogP contribution in [0.4, 0.5) is 0 Å². The number of nitrogens with two attached hydrogens (primary N) is 1. The van der Waals surface area contributed by atoms with Crippen molar-refractivity contribution in [3.8, 4) is 0 Å². The largest absolute Gasteiger partial charge is 0.370 e. The van der Waals surface area contributed by atoms with E-state index < -0.39 is 0 Å². The molecule has 0 bridgehead atoms. The van der Waals surface area contributed by atoms with Gasteiger partial charge in [-0.3, -0.25) is 4.99 Å². The first-order chi connectivity index (χ1) is 9.45. The second kappa shape index (κ2) is 6.57. The molecule has 4 nitrogen and oxygen atoms in total. The number of aliphatic imine (C=N–C) groups is 1. The Balaban J connectivity index is 1.70. The molecule has 2 rings (SSSR count). The van der Waals surface area contributed by atoms with Crippen LogP contribution in [0, 0.1) is 5.92 Å². The zero-order chi connectivity index (χ0) is 14.6. The highest BCUT2D eigenvalue weighted by Gasteiger charge is 2.18. The highest BCUT2D eigenvalue weighted by Crippen LogP contribution is 2.26. The molecule has 0 unspecified atom stereocenters. The maximum Gasteiger partial charge on any atom is 0.188 e. The fourth-order valence-corrected chi connectivity index (χ4v) is 2.99. The van der Waals surface area contributed by atoms with Gasteiger partial charge in [-0.1, -0.05) is 27.2 Å². The van der Waals surface area contributed by atoms with Gasteiger partial charge in [-0.15, -0.1) is 11.3 Å². The summed E-state index contributed by atoms with van der Waals surface area (Å²) in [5, 5.41) is 6.51. The highest BCUT2D eigenvalue weighted by molar-refractivity contribution is 7.09. The van der Waals surface area contributed by atoms with E-state index in [9.17, 15) is 0 Å².